The molecule has 0 unspecified atom stereocenters. The maximum absolute atomic E-state index is 13.1. The van der Waals surface area contributed by atoms with Crippen LogP contribution in [0.4, 0.5) is 24.5 Å². The Morgan fingerprint density at radius 3 is 2.82 bits per heavy atom. The zero-order chi connectivity index (χ0) is 23.4. The van der Waals surface area contributed by atoms with Crippen LogP contribution in [-0.2, 0) is 22.1 Å². The van der Waals surface area contributed by atoms with Crippen molar-refractivity contribution in [2.24, 2.45) is 0 Å². The molecule has 2 aliphatic rings. The SMILES string of the molecule is COCCN1CCCc2ccc(NC(=O)C=C3CCCOc4cc(C(F)(F)F)ccc43)cc21. The molecular formula is C25H27F3N2O3. The van der Waals surface area contributed by atoms with E-state index in [-0.39, 0.29) is 11.7 Å². The first-order valence-corrected chi connectivity index (χ1v) is 11.1. The predicted molar refractivity (Wildman–Crippen MR) is 122 cm³/mol. The molecule has 0 fully saturated rings. The topological polar surface area (TPSA) is 50.8 Å². The lowest BCUT2D eigenvalue weighted by Crippen LogP contribution is -2.32. The lowest BCUT2D eigenvalue weighted by Gasteiger charge is -2.31. The molecule has 5 nitrogen and oxygen atoms in total. The summed E-state index contributed by atoms with van der Waals surface area (Å²) in [6.07, 6.45) is 0.238. The molecule has 0 atom stereocenters. The van der Waals surface area contributed by atoms with Gasteiger partial charge in [0, 0.05) is 43.2 Å². The number of aryl methyl sites for hydroxylation is 1. The van der Waals surface area contributed by atoms with Gasteiger partial charge in [0.05, 0.1) is 18.8 Å². The normalized spacial score (nSPS) is 17.1. The molecule has 8 heteroatoms. The second-order valence-corrected chi connectivity index (χ2v) is 8.25. The number of carbonyl (C=O) groups is 1. The summed E-state index contributed by atoms with van der Waals surface area (Å²) in [5.74, 6) is -0.166. The Morgan fingerprint density at radius 1 is 1.18 bits per heavy atom. The summed E-state index contributed by atoms with van der Waals surface area (Å²) in [6, 6.07) is 9.30. The second-order valence-electron chi connectivity index (χ2n) is 8.25. The summed E-state index contributed by atoms with van der Waals surface area (Å²) in [6.45, 7) is 2.64. The average Bonchev–Trinajstić information content (AvgIpc) is 2.98. The molecule has 1 N–H and O–H groups in total. The van der Waals surface area contributed by atoms with Gasteiger partial charge in [0.1, 0.15) is 5.75 Å². The number of fused-ring (bicyclic) bond motifs is 2. The first kappa shape index (κ1) is 23.2. The van der Waals surface area contributed by atoms with Crippen molar-refractivity contribution in [3.63, 3.8) is 0 Å². The van der Waals surface area contributed by atoms with Crippen molar-refractivity contribution in [3.05, 3.63) is 59.2 Å². The monoisotopic (exact) mass is 460 g/mol. The molecule has 4 rings (SSSR count). The molecule has 0 spiro atoms. The zero-order valence-corrected chi connectivity index (χ0v) is 18.5. The highest BCUT2D eigenvalue weighted by Gasteiger charge is 2.32. The van der Waals surface area contributed by atoms with E-state index in [2.05, 4.69) is 10.2 Å². The van der Waals surface area contributed by atoms with Gasteiger partial charge in [-0.05, 0) is 61.1 Å². The van der Waals surface area contributed by atoms with Crippen molar-refractivity contribution in [1.29, 1.82) is 0 Å². The number of methoxy groups -OCH3 is 1. The van der Waals surface area contributed by atoms with Gasteiger partial charge in [0.25, 0.3) is 0 Å². The number of anilines is 2. The molecule has 33 heavy (non-hydrogen) atoms. The summed E-state index contributed by atoms with van der Waals surface area (Å²) < 4.78 is 50.0. The van der Waals surface area contributed by atoms with E-state index in [1.807, 2.05) is 18.2 Å². The molecule has 1 amide bonds. The first-order valence-electron chi connectivity index (χ1n) is 11.1. The fraction of sp³-hybridized carbons (Fsp3) is 0.400. The molecule has 176 valence electrons. The minimum atomic E-state index is -4.45. The number of benzene rings is 2. The molecule has 0 saturated heterocycles. The van der Waals surface area contributed by atoms with Crippen LogP contribution in [0.2, 0.25) is 0 Å². The van der Waals surface area contributed by atoms with Crippen LogP contribution in [-0.4, -0.2) is 39.3 Å². The van der Waals surface area contributed by atoms with Crippen LogP contribution in [0.15, 0.2) is 42.5 Å². The largest absolute Gasteiger partial charge is 0.493 e. The van der Waals surface area contributed by atoms with Crippen LogP contribution in [0.5, 0.6) is 5.75 Å². The van der Waals surface area contributed by atoms with E-state index in [0.29, 0.717) is 42.9 Å². The average molecular weight is 460 g/mol. The molecule has 0 radical (unpaired) electrons. The van der Waals surface area contributed by atoms with Crippen LogP contribution in [0.25, 0.3) is 5.57 Å². The lowest BCUT2D eigenvalue weighted by atomic mass is 9.98. The van der Waals surface area contributed by atoms with Gasteiger partial charge in [-0.1, -0.05) is 12.1 Å². The van der Waals surface area contributed by atoms with Gasteiger partial charge in [-0.15, -0.1) is 0 Å². The van der Waals surface area contributed by atoms with Gasteiger partial charge >= 0.3 is 6.18 Å². The number of rotatable bonds is 5. The number of hydrogen-bond donors (Lipinski definition) is 1. The number of allylic oxidation sites excluding steroid dienone is 1. The van der Waals surface area contributed by atoms with Crippen LogP contribution >= 0.6 is 0 Å². The Labute approximate surface area is 191 Å². The standard InChI is InChI=1S/C25H27F3N2O3/c1-32-13-11-30-10-2-4-17-6-8-20(16-22(17)30)29-24(31)14-18-5-3-12-33-23-15-19(25(26,27)28)7-9-21(18)23/h6-9,14-16H,2-5,10-13H2,1H3,(H,29,31). The van der Waals surface area contributed by atoms with Gasteiger partial charge in [0.15, 0.2) is 0 Å². The van der Waals surface area contributed by atoms with Crippen molar-refractivity contribution >= 4 is 22.9 Å². The number of halogens is 3. The summed E-state index contributed by atoms with van der Waals surface area (Å²) in [5.41, 5.74) is 3.43. The van der Waals surface area contributed by atoms with E-state index in [9.17, 15) is 18.0 Å². The van der Waals surface area contributed by atoms with E-state index < -0.39 is 11.7 Å². The predicted octanol–water partition coefficient (Wildman–Crippen LogP) is 5.30. The quantitative estimate of drug-likeness (QED) is 0.616. The molecule has 0 bridgehead atoms. The maximum Gasteiger partial charge on any atom is 0.416 e. The van der Waals surface area contributed by atoms with Gasteiger partial charge < -0.3 is 19.7 Å². The summed E-state index contributed by atoms with van der Waals surface area (Å²) in [5, 5.41) is 2.91. The van der Waals surface area contributed by atoms with E-state index >= 15 is 0 Å². The number of ether oxygens (including phenoxy) is 2. The first-order chi connectivity index (χ1) is 15.8. The highest BCUT2D eigenvalue weighted by molar-refractivity contribution is 6.04. The third-order valence-electron chi connectivity index (χ3n) is 5.94. The van der Waals surface area contributed by atoms with Gasteiger partial charge in [-0.25, -0.2) is 0 Å². The van der Waals surface area contributed by atoms with Crippen molar-refractivity contribution < 1.29 is 27.4 Å². The number of nitrogens with one attached hydrogen (secondary N) is 1. The van der Waals surface area contributed by atoms with E-state index in [0.717, 1.165) is 43.8 Å². The Bertz CT molecular complexity index is 1050. The second kappa shape index (κ2) is 9.87. The number of hydrogen-bond acceptors (Lipinski definition) is 4. The number of nitrogens with zero attached hydrogens (tertiary/aromatic N) is 1. The van der Waals surface area contributed by atoms with Gasteiger partial charge in [-0.3, -0.25) is 4.79 Å². The summed E-state index contributed by atoms with van der Waals surface area (Å²) in [4.78, 5) is 15.1. The van der Waals surface area contributed by atoms with Crippen LogP contribution < -0.4 is 15.0 Å². The zero-order valence-electron chi connectivity index (χ0n) is 18.5. The van der Waals surface area contributed by atoms with Crippen molar-refractivity contribution in [1.82, 2.24) is 0 Å². The molecule has 2 aromatic rings. The Balaban J connectivity index is 1.55. The highest BCUT2D eigenvalue weighted by Crippen LogP contribution is 2.38. The van der Waals surface area contributed by atoms with Crippen molar-refractivity contribution in [2.45, 2.75) is 31.9 Å². The summed E-state index contributed by atoms with van der Waals surface area (Å²) >= 11 is 0. The number of amides is 1. The molecule has 2 aliphatic heterocycles. The minimum absolute atomic E-state index is 0.156. The molecule has 0 aromatic heterocycles. The van der Waals surface area contributed by atoms with Gasteiger partial charge in [-0.2, -0.15) is 13.2 Å². The highest BCUT2D eigenvalue weighted by atomic mass is 19.4. The molecule has 0 aliphatic carbocycles. The minimum Gasteiger partial charge on any atom is -0.493 e. The van der Waals surface area contributed by atoms with Crippen LogP contribution in [0.1, 0.15) is 36.0 Å². The van der Waals surface area contributed by atoms with Crippen molar-refractivity contribution in [3.8, 4) is 5.75 Å². The number of alkyl halides is 3. The molecule has 2 aromatic carbocycles. The van der Waals surface area contributed by atoms with Gasteiger partial charge in [0.2, 0.25) is 5.91 Å². The van der Waals surface area contributed by atoms with E-state index in [1.165, 1.54) is 17.7 Å². The Morgan fingerprint density at radius 2 is 2.03 bits per heavy atom. The Hall–Kier alpha value is -3.00. The van der Waals surface area contributed by atoms with Crippen LogP contribution in [0.3, 0.4) is 0 Å². The molecule has 0 saturated carbocycles. The Kier molecular flexibility index (Phi) is 6.93. The maximum atomic E-state index is 13.1. The molecule has 2 heterocycles. The van der Waals surface area contributed by atoms with Crippen molar-refractivity contribution in [2.75, 3.05) is 43.6 Å². The summed E-state index contributed by atoms with van der Waals surface area (Å²) in [7, 11) is 1.68. The smallest absolute Gasteiger partial charge is 0.416 e. The van der Waals surface area contributed by atoms with E-state index in [4.69, 9.17) is 9.47 Å². The van der Waals surface area contributed by atoms with Crippen LogP contribution in [0, 0.1) is 0 Å². The third-order valence-corrected chi connectivity index (χ3v) is 5.94. The van der Waals surface area contributed by atoms with E-state index in [1.54, 1.807) is 7.11 Å². The number of carbonyl (C=O) groups excluding carboxylic acids is 1. The molecular weight excluding hydrogens is 433 g/mol. The fourth-order valence-corrected chi connectivity index (χ4v) is 4.31. The lowest BCUT2D eigenvalue weighted by molar-refractivity contribution is -0.137. The third kappa shape index (κ3) is 5.50. The fourth-order valence-electron chi connectivity index (χ4n) is 4.31.